The van der Waals surface area contributed by atoms with Gasteiger partial charge >= 0.3 is 12.0 Å². The Morgan fingerprint density at radius 3 is 2.68 bits per heavy atom. The average molecular weight is 291 g/mol. The summed E-state index contributed by atoms with van der Waals surface area (Å²) in [6, 6.07) is 2.39. The minimum Gasteiger partial charge on any atom is -0.465 e. The van der Waals surface area contributed by atoms with Crippen molar-refractivity contribution in [2.45, 2.75) is 5.92 Å². The predicted octanol–water partition coefficient (Wildman–Crippen LogP) is 2.38. The number of nitrogens with zero attached hydrogens (tertiary/aromatic N) is 1. The quantitative estimate of drug-likeness (QED) is 0.496. The first kappa shape index (κ1) is 15.0. The summed E-state index contributed by atoms with van der Waals surface area (Å²) in [5.74, 6) is -5.52. The van der Waals surface area contributed by atoms with Crippen LogP contribution in [0, 0.1) is 0 Å². The number of hydrogen-bond acceptors (Lipinski definition) is 3. The van der Waals surface area contributed by atoms with Crippen LogP contribution in [0.15, 0.2) is 30.5 Å². The largest absolute Gasteiger partial charge is 0.465 e. The fourth-order valence-corrected chi connectivity index (χ4v) is 1.38. The van der Waals surface area contributed by atoms with Crippen LogP contribution in [0.25, 0.3) is 0 Å². The van der Waals surface area contributed by atoms with Crippen LogP contribution in [0.3, 0.4) is 0 Å². The Labute approximate surface area is 111 Å². The van der Waals surface area contributed by atoms with Gasteiger partial charge in [0, 0.05) is 18.3 Å². The lowest BCUT2D eigenvalue weighted by Gasteiger charge is -2.17. The second-order valence-corrected chi connectivity index (χ2v) is 3.87. The zero-order chi connectivity index (χ0) is 14.6. The molecular weight excluding hydrogens is 282 g/mol. The minimum atomic E-state index is -3.94. The molecule has 0 fully saturated rings. The van der Waals surface area contributed by atoms with Crippen molar-refractivity contribution in [1.82, 2.24) is 10.3 Å². The van der Waals surface area contributed by atoms with Crippen LogP contribution in [0.4, 0.5) is 13.6 Å². The zero-order valence-corrected chi connectivity index (χ0v) is 10.2. The summed E-state index contributed by atoms with van der Waals surface area (Å²) < 4.78 is 27.5. The van der Waals surface area contributed by atoms with E-state index in [1.54, 1.807) is 5.32 Å². The molecule has 2 N–H and O–H groups in total. The normalized spacial score (nSPS) is 10.9. The van der Waals surface area contributed by atoms with E-state index in [1.165, 1.54) is 12.3 Å². The van der Waals surface area contributed by atoms with Gasteiger partial charge in [-0.3, -0.25) is 4.79 Å². The van der Waals surface area contributed by atoms with Crippen molar-refractivity contribution in [2.75, 3.05) is 6.54 Å². The van der Waals surface area contributed by atoms with Crippen LogP contribution in [0.2, 0.25) is 5.15 Å². The summed E-state index contributed by atoms with van der Waals surface area (Å²) in [4.78, 5) is 25.4. The summed E-state index contributed by atoms with van der Waals surface area (Å²) in [7, 11) is 0. The van der Waals surface area contributed by atoms with E-state index in [2.05, 4.69) is 11.6 Å². The zero-order valence-electron chi connectivity index (χ0n) is 9.49. The van der Waals surface area contributed by atoms with Gasteiger partial charge in [0.15, 0.2) is 0 Å². The molecule has 0 aliphatic heterocycles. The number of ketones is 1. The molecule has 0 aromatic carbocycles. The minimum absolute atomic E-state index is 0.355. The summed E-state index contributed by atoms with van der Waals surface area (Å²) >= 11 is 5.55. The maximum atomic E-state index is 13.8. The van der Waals surface area contributed by atoms with E-state index >= 15 is 0 Å². The second kappa shape index (κ2) is 5.75. The van der Waals surface area contributed by atoms with E-state index < -0.39 is 35.5 Å². The molecule has 8 heteroatoms. The SMILES string of the molecule is C=C(CNC(=O)O)C(F)(F)C(=O)c1cccnc1Cl. The summed E-state index contributed by atoms with van der Waals surface area (Å²) in [6.07, 6.45) is -0.248. The predicted molar refractivity (Wildman–Crippen MR) is 63.7 cm³/mol. The fraction of sp³-hybridized carbons (Fsp3) is 0.182. The molecule has 0 radical (unpaired) electrons. The molecule has 0 spiro atoms. The summed E-state index contributed by atoms with van der Waals surface area (Å²) in [5.41, 5.74) is -1.33. The maximum Gasteiger partial charge on any atom is 0.404 e. The van der Waals surface area contributed by atoms with Crippen molar-refractivity contribution >= 4 is 23.5 Å². The molecule has 1 amide bonds. The van der Waals surface area contributed by atoms with Crippen LogP contribution < -0.4 is 5.32 Å². The molecule has 0 saturated heterocycles. The molecule has 1 aromatic rings. The first-order valence-electron chi connectivity index (χ1n) is 4.95. The Kier molecular flexibility index (Phi) is 4.55. The van der Waals surface area contributed by atoms with Crippen molar-refractivity contribution in [3.05, 3.63) is 41.2 Å². The highest BCUT2D eigenvalue weighted by molar-refractivity contribution is 6.33. The van der Waals surface area contributed by atoms with Crippen LogP contribution in [-0.2, 0) is 0 Å². The maximum absolute atomic E-state index is 13.8. The molecule has 1 heterocycles. The second-order valence-electron chi connectivity index (χ2n) is 3.51. The number of halogens is 3. The number of amides is 1. The number of carbonyl (C=O) groups is 2. The van der Waals surface area contributed by atoms with E-state index in [9.17, 15) is 18.4 Å². The fourth-order valence-electron chi connectivity index (χ4n) is 1.18. The van der Waals surface area contributed by atoms with Crippen LogP contribution >= 0.6 is 11.6 Å². The molecule has 0 aliphatic rings. The third kappa shape index (κ3) is 3.47. The Hall–Kier alpha value is -2.02. The summed E-state index contributed by atoms with van der Waals surface area (Å²) in [6.45, 7) is 2.27. The molecule has 0 aliphatic carbocycles. The van der Waals surface area contributed by atoms with E-state index in [4.69, 9.17) is 16.7 Å². The monoisotopic (exact) mass is 290 g/mol. The van der Waals surface area contributed by atoms with Crippen molar-refractivity contribution in [1.29, 1.82) is 0 Å². The van der Waals surface area contributed by atoms with Crippen molar-refractivity contribution < 1.29 is 23.5 Å². The standard InChI is InChI=1S/C11H9ClF2N2O3/c1-6(5-16-10(18)19)11(13,14)8(17)7-3-2-4-15-9(7)12/h2-4,16H,1,5H2,(H,18,19). The highest BCUT2D eigenvalue weighted by Crippen LogP contribution is 2.29. The number of rotatable bonds is 5. The number of alkyl halides is 2. The molecule has 1 aromatic heterocycles. The number of aromatic nitrogens is 1. The third-order valence-electron chi connectivity index (χ3n) is 2.19. The van der Waals surface area contributed by atoms with Gasteiger partial charge < -0.3 is 10.4 Å². The molecule has 0 bridgehead atoms. The van der Waals surface area contributed by atoms with Crippen LogP contribution in [0.1, 0.15) is 10.4 Å². The van der Waals surface area contributed by atoms with E-state index in [0.29, 0.717) is 0 Å². The number of nitrogens with one attached hydrogen (secondary N) is 1. The molecule has 0 unspecified atom stereocenters. The van der Waals surface area contributed by atoms with Gasteiger partial charge in [0.2, 0.25) is 5.78 Å². The molecular formula is C11H9ClF2N2O3. The van der Waals surface area contributed by atoms with Gasteiger partial charge in [-0.05, 0) is 12.1 Å². The van der Waals surface area contributed by atoms with Gasteiger partial charge in [-0.15, -0.1) is 0 Å². The average Bonchev–Trinajstić information content (AvgIpc) is 2.35. The molecule has 5 nitrogen and oxygen atoms in total. The number of pyridine rings is 1. The Morgan fingerprint density at radius 1 is 1.53 bits per heavy atom. The molecule has 19 heavy (non-hydrogen) atoms. The van der Waals surface area contributed by atoms with Gasteiger partial charge in [0.05, 0.1) is 5.56 Å². The number of Topliss-reactive ketones (excluding diaryl/α,β-unsaturated/α-hetero) is 1. The lowest BCUT2D eigenvalue weighted by molar-refractivity contribution is 0.0312. The van der Waals surface area contributed by atoms with Gasteiger partial charge in [0.25, 0.3) is 0 Å². The number of carbonyl (C=O) groups excluding carboxylic acids is 1. The van der Waals surface area contributed by atoms with E-state index in [1.807, 2.05) is 0 Å². The Balaban J connectivity index is 2.94. The highest BCUT2D eigenvalue weighted by atomic mass is 35.5. The summed E-state index contributed by atoms with van der Waals surface area (Å²) in [5, 5.41) is 9.67. The van der Waals surface area contributed by atoms with Crippen molar-refractivity contribution in [3.63, 3.8) is 0 Å². The van der Waals surface area contributed by atoms with Crippen LogP contribution in [0.5, 0.6) is 0 Å². The number of carboxylic acid groups (broad SMARTS) is 1. The molecule has 102 valence electrons. The molecule has 0 saturated carbocycles. The van der Waals surface area contributed by atoms with E-state index in [0.717, 1.165) is 6.07 Å². The molecule has 1 rings (SSSR count). The number of hydrogen-bond donors (Lipinski definition) is 2. The first-order chi connectivity index (χ1) is 8.76. The topological polar surface area (TPSA) is 79.3 Å². The van der Waals surface area contributed by atoms with Crippen molar-refractivity contribution in [3.8, 4) is 0 Å². The Bertz CT molecular complexity index is 534. The van der Waals surface area contributed by atoms with Crippen LogP contribution in [-0.4, -0.2) is 34.4 Å². The first-order valence-corrected chi connectivity index (χ1v) is 5.32. The lowest BCUT2D eigenvalue weighted by Crippen LogP contribution is -2.37. The van der Waals surface area contributed by atoms with Gasteiger partial charge in [-0.2, -0.15) is 8.78 Å². The highest BCUT2D eigenvalue weighted by Gasteiger charge is 2.43. The van der Waals surface area contributed by atoms with Crippen molar-refractivity contribution in [2.24, 2.45) is 0 Å². The van der Waals surface area contributed by atoms with Gasteiger partial charge in [-0.1, -0.05) is 18.2 Å². The van der Waals surface area contributed by atoms with Gasteiger partial charge in [-0.25, -0.2) is 9.78 Å². The third-order valence-corrected chi connectivity index (χ3v) is 2.49. The van der Waals surface area contributed by atoms with E-state index in [-0.39, 0.29) is 5.15 Å². The smallest absolute Gasteiger partial charge is 0.404 e. The van der Waals surface area contributed by atoms with Gasteiger partial charge in [0.1, 0.15) is 5.15 Å². The lowest BCUT2D eigenvalue weighted by atomic mass is 10.0. The molecule has 0 atom stereocenters. The Morgan fingerprint density at radius 2 is 2.16 bits per heavy atom.